The molecule has 0 saturated heterocycles. The lowest BCUT2D eigenvalue weighted by Gasteiger charge is -2.32. The molecule has 4 nitrogen and oxygen atoms in total. The number of carbonyl (C=O) groups is 1. The lowest BCUT2D eigenvalue weighted by molar-refractivity contribution is -0.145. The molecule has 0 aliphatic heterocycles. The van der Waals surface area contributed by atoms with Gasteiger partial charge in [-0.2, -0.15) is 0 Å². The summed E-state index contributed by atoms with van der Waals surface area (Å²) in [6.45, 7) is 5.24. The maximum atomic E-state index is 13.2. The van der Waals surface area contributed by atoms with Gasteiger partial charge in [-0.1, -0.05) is 48.5 Å². The van der Waals surface area contributed by atoms with Gasteiger partial charge in [0.25, 0.3) is 5.91 Å². The predicted molar refractivity (Wildman–Crippen MR) is 111 cm³/mol. The van der Waals surface area contributed by atoms with Gasteiger partial charge in [-0.05, 0) is 56.2 Å². The molecule has 1 aliphatic carbocycles. The summed E-state index contributed by atoms with van der Waals surface area (Å²) in [5, 5.41) is 0. The van der Waals surface area contributed by atoms with E-state index < -0.39 is 6.10 Å². The van der Waals surface area contributed by atoms with Gasteiger partial charge >= 0.3 is 0 Å². The van der Waals surface area contributed by atoms with Crippen LogP contribution < -0.4 is 4.74 Å². The van der Waals surface area contributed by atoms with Crippen LogP contribution in [0.2, 0.25) is 0 Å². The molecular formula is C24H31NO3. The minimum atomic E-state index is -0.426. The molecule has 1 amide bonds. The Morgan fingerprint density at radius 1 is 1.07 bits per heavy atom. The molecule has 3 rings (SSSR count). The minimum Gasteiger partial charge on any atom is -0.496 e. The normalized spacial score (nSPS) is 15.7. The van der Waals surface area contributed by atoms with Crippen LogP contribution in [0.3, 0.4) is 0 Å². The molecule has 2 atom stereocenters. The summed E-state index contributed by atoms with van der Waals surface area (Å²) in [6.07, 6.45) is 2.75. The van der Waals surface area contributed by atoms with E-state index in [2.05, 4.69) is 25.1 Å². The highest BCUT2D eigenvalue weighted by molar-refractivity contribution is 5.81. The number of nitrogens with zero attached hydrogens (tertiary/aromatic N) is 1. The zero-order chi connectivity index (χ0) is 19.9. The van der Waals surface area contributed by atoms with Gasteiger partial charge in [-0.25, -0.2) is 0 Å². The zero-order valence-corrected chi connectivity index (χ0v) is 17.1. The van der Waals surface area contributed by atoms with Crippen LogP contribution in [-0.4, -0.2) is 36.7 Å². The smallest absolute Gasteiger partial charge is 0.251 e. The van der Waals surface area contributed by atoms with Crippen LogP contribution in [0, 0.1) is 5.92 Å². The van der Waals surface area contributed by atoms with Crippen molar-refractivity contribution in [1.29, 1.82) is 0 Å². The van der Waals surface area contributed by atoms with Crippen LogP contribution in [0.25, 0.3) is 0 Å². The first-order valence-electron chi connectivity index (χ1n) is 10.2. The SMILES string of the molecule is COc1ccccc1CC(C)N(Cc1ccccc1)C(=O)C(C)OCC1CC1. The molecule has 0 heterocycles. The molecule has 0 bridgehead atoms. The first-order chi connectivity index (χ1) is 13.6. The summed E-state index contributed by atoms with van der Waals surface area (Å²) < 4.78 is 11.4. The van der Waals surface area contributed by atoms with Crippen LogP contribution in [-0.2, 0) is 22.5 Å². The molecular weight excluding hydrogens is 350 g/mol. The van der Waals surface area contributed by atoms with Crippen molar-refractivity contribution in [3.8, 4) is 5.75 Å². The number of para-hydroxylation sites is 1. The Bertz CT molecular complexity index is 757. The highest BCUT2D eigenvalue weighted by Gasteiger charge is 2.29. The van der Waals surface area contributed by atoms with Gasteiger partial charge in [0, 0.05) is 12.6 Å². The van der Waals surface area contributed by atoms with Crippen LogP contribution in [0.1, 0.15) is 37.8 Å². The van der Waals surface area contributed by atoms with Crippen LogP contribution in [0.5, 0.6) is 5.75 Å². The van der Waals surface area contributed by atoms with Gasteiger partial charge in [0.05, 0.1) is 13.7 Å². The number of methoxy groups -OCH3 is 1. The number of hydrogen-bond donors (Lipinski definition) is 0. The van der Waals surface area contributed by atoms with Crippen molar-refractivity contribution in [1.82, 2.24) is 4.90 Å². The van der Waals surface area contributed by atoms with Crippen molar-refractivity contribution in [2.45, 2.75) is 51.8 Å². The fourth-order valence-electron chi connectivity index (χ4n) is 3.40. The summed E-state index contributed by atoms with van der Waals surface area (Å²) >= 11 is 0. The third-order valence-corrected chi connectivity index (χ3v) is 5.35. The zero-order valence-electron chi connectivity index (χ0n) is 17.1. The third kappa shape index (κ3) is 5.59. The maximum Gasteiger partial charge on any atom is 0.251 e. The van der Waals surface area contributed by atoms with E-state index in [9.17, 15) is 4.79 Å². The monoisotopic (exact) mass is 381 g/mol. The van der Waals surface area contributed by atoms with Gasteiger partial charge in [0.1, 0.15) is 11.9 Å². The average molecular weight is 382 g/mol. The Kier molecular flexibility index (Phi) is 7.10. The molecule has 0 N–H and O–H groups in total. The summed E-state index contributed by atoms with van der Waals surface area (Å²) in [6, 6.07) is 18.2. The van der Waals surface area contributed by atoms with E-state index in [1.54, 1.807) is 7.11 Å². The molecule has 2 aromatic rings. The van der Waals surface area contributed by atoms with Crippen molar-refractivity contribution in [3.63, 3.8) is 0 Å². The van der Waals surface area contributed by atoms with Crippen molar-refractivity contribution >= 4 is 5.91 Å². The lowest BCUT2D eigenvalue weighted by Crippen LogP contribution is -2.45. The molecule has 2 aromatic carbocycles. The third-order valence-electron chi connectivity index (χ3n) is 5.35. The molecule has 1 saturated carbocycles. The Morgan fingerprint density at radius 3 is 2.43 bits per heavy atom. The number of hydrogen-bond acceptors (Lipinski definition) is 3. The van der Waals surface area contributed by atoms with Gasteiger partial charge in [0.2, 0.25) is 0 Å². The lowest BCUT2D eigenvalue weighted by atomic mass is 10.0. The average Bonchev–Trinajstić information content (AvgIpc) is 3.55. The van der Waals surface area contributed by atoms with Crippen LogP contribution in [0.4, 0.5) is 0 Å². The molecule has 1 aliphatic rings. The molecule has 28 heavy (non-hydrogen) atoms. The highest BCUT2D eigenvalue weighted by Crippen LogP contribution is 2.29. The summed E-state index contributed by atoms with van der Waals surface area (Å²) in [5.41, 5.74) is 2.23. The second-order valence-corrected chi connectivity index (χ2v) is 7.74. The van der Waals surface area contributed by atoms with Gasteiger partial charge in [-0.3, -0.25) is 4.79 Å². The van der Waals surface area contributed by atoms with E-state index >= 15 is 0 Å². The fraction of sp³-hybridized carbons (Fsp3) is 0.458. The number of rotatable bonds is 10. The predicted octanol–water partition coefficient (Wildman–Crippen LogP) is 4.47. The summed E-state index contributed by atoms with van der Waals surface area (Å²) in [4.78, 5) is 15.2. The summed E-state index contributed by atoms with van der Waals surface area (Å²) in [5.74, 6) is 1.55. The quantitative estimate of drug-likeness (QED) is 0.609. The Hall–Kier alpha value is -2.33. The standard InChI is InChI=1S/C24H31NO3/c1-18(15-22-11-7-8-12-23(22)27-3)25(16-20-9-5-4-6-10-20)24(26)19(2)28-17-21-13-14-21/h4-12,18-19,21H,13-17H2,1-3H3. The number of carbonyl (C=O) groups excluding carboxylic acids is 1. The van der Waals surface area contributed by atoms with E-state index in [-0.39, 0.29) is 11.9 Å². The molecule has 4 heteroatoms. The molecule has 2 unspecified atom stereocenters. The minimum absolute atomic E-state index is 0.0241. The van der Waals surface area contributed by atoms with Gasteiger partial charge in [0.15, 0.2) is 0 Å². The second-order valence-electron chi connectivity index (χ2n) is 7.74. The van der Waals surface area contributed by atoms with Gasteiger partial charge in [-0.15, -0.1) is 0 Å². The van der Waals surface area contributed by atoms with E-state index in [4.69, 9.17) is 9.47 Å². The molecule has 0 radical (unpaired) electrons. The Balaban J connectivity index is 1.74. The number of benzene rings is 2. The number of amides is 1. The van der Waals surface area contributed by atoms with Crippen molar-refractivity contribution in [3.05, 3.63) is 65.7 Å². The first-order valence-corrected chi connectivity index (χ1v) is 10.2. The fourth-order valence-corrected chi connectivity index (χ4v) is 3.40. The molecule has 150 valence electrons. The Labute approximate surface area is 168 Å². The topological polar surface area (TPSA) is 38.8 Å². The number of ether oxygens (including phenoxy) is 2. The first kappa shape index (κ1) is 20.4. The van der Waals surface area contributed by atoms with Crippen molar-refractivity contribution in [2.24, 2.45) is 5.92 Å². The van der Waals surface area contributed by atoms with Gasteiger partial charge < -0.3 is 14.4 Å². The van der Waals surface area contributed by atoms with E-state index in [0.717, 1.165) is 23.3 Å². The summed E-state index contributed by atoms with van der Waals surface area (Å²) in [7, 11) is 1.68. The van der Waals surface area contributed by atoms with Crippen molar-refractivity contribution in [2.75, 3.05) is 13.7 Å². The molecule has 0 aromatic heterocycles. The Morgan fingerprint density at radius 2 is 1.75 bits per heavy atom. The van der Waals surface area contributed by atoms with Crippen molar-refractivity contribution < 1.29 is 14.3 Å². The largest absolute Gasteiger partial charge is 0.496 e. The second kappa shape index (κ2) is 9.74. The highest BCUT2D eigenvalue weighted by atomic mass is 16.5. The van der Waals surface area contributed by atoms with Crippen LogP contribution >= 0.6 is 0 Å². The van der Waals surface area contributed by atoms with Crippen LogP contribution in [0.15, 0.2) is 54.6 Å². The van der Waals surface area contributed by atoms with E-state index in [1.807, 2.05) is 48.2 Å². The molecule has 1 fully saturated rings. The maximum absolute atomic E-state index is 13.2. The van der Waals surface area contributed by atoms with E-state index in [1.165, 1.54) is 12.8 Å². The van der Waals surface area contributed by atoms with E-state index in [0.29, 0.717) is 19.1 Å². The molecule has 0 spiro atoms.